The van der Waals surface area contributed by atoms with Gasteiger partial charge in [-0.15, -0.1) is 0 Å². The molecule has 0 rings (SSSR count). The topological polar surface area (TPSA) is 106 Å². The Hall–Kier alpha value is -0.170. The third kappa shape index (κ3) is 12.9. The Balaban J connectivity index is 0. The van der Waals surface area contributed by atoms with E-state index < -0.39 is 42.5 Å². The van der Waals surface area contributed by atoms with Crippen LogP contribution in [0.3, 0.4) is 0 Å². The second kappa shape index (κ2) is 15.0. The van der Waals surface area contributed by atoms with Crippen LogP contribution in [0.5, 0.6) is 0 Å². The fourth-order valence-corrected chi connectivity index (χ4v) is 9.88. The first-order valence-electron chi connectivity index (χ1n) is 10.4. The summed E-state index contributed by atoms with van der Waals surface area (Å²) >= 11 is 0. The number of alkyl halides is 6. The van der Waals surface area contributed by atoms with Crippen molar-refractivity contribution >= 4 is 27.3 Å². The van der Waals surface area contributed by atoms with E-state index in [1.165, 1.54) is 51.1 Å². The Morgan fingerprint density at radius 3 is 1.16 bits per heavy atom. The van der Waals surface area contributed by atoms with Crippen molar-refractivity contribution in [2.75, 3.05) is 31.2 Å². The maximum absolute atomic E-state index is 11.5. The normalized spacial score (nSPS) is 13.6. The molecule has 6 nitrogen and oxygen atoms in total. The number of nitrogens with one attached hydrogen (secondary N) is 1. The minimum absolute atomic E-state index is 0.493. The molecule has 3 N–H and O–H groups in total. The first kappa shape index (κ1) is 34.0. The summed E-state index contributed by atoms with van der Waals surface area (Å²) in [6.07, 6.45) is 15.8. The van der Waals surface area contributed by atoms with Crippen LogP contribution < -0.4 is 9.86 Å². The van der Waals surface area contributed by atoms with Crippen molar-refractivity contribution in [3.8, 4) is 0 Å². The monoisotopic (exact) mass is 541 g/mol. The predicted octanol–water partition coefficient (Wildman–Crippen LogP) is 5.03. The van der Waals surface area contributed by atoms with Gasteiger partial charge in [-0.2, -0.15) is 26.3 Å². The van der Waals surface area contributed by atoms with Gasteiger partial charge >= 0.3 is 31.1 Å². The summed E-state index contributed by atoms with van der Waals surface area (Å²) in [4.78, 5) is 0. The number of unbranched alkanes of at least 4 members (excludes halogenated alkanes) is 3. The molecule has 0 heterocycles. The van der Waals surface area contributed by atoms with Crippen molar-refractivity contribution < 1.29 is 43.2 Å². The molecule has 0 amide bonds. The fourth-order valence-electron chi connectivity index (χ4n) is 2.82. The van der Waals surface area contributed by atoms with Gasteiger partial charge in [0.25, 0.3) is 0 Å². The van der Waals surface area contributed by atoms with Gasteiger partial charge in [0.15, 0.2) is 0 Å². The highest BCUT2D eigenvalue weighted by Gasteiger charge is 2.55. The average molecular weight is 542 g/mol. The lowest BCUT2D eigenvalue weighted by molar-refractivity contribution is -0.0476. The second-order valence-electron chi connectivity index (χ2n) is 7.42. The minimum Gasteiger partial charge on any atom is -0.330 e. The van der Waals surface area contributed by atoms with E-state index in [2.05, 4.69) is 20.8 Å². The maximum atomic E-state index is 11.5. The summed E-state index contributed by atoms with van der Waals surface area (Å²) in [6, 6.07) is 0. The number of hydrogen-bond donors (Lipinski definition) is 2. The van der Waals surface area contributed by atoms with E-state index in [9.17, 15) is 43.2 Å². The van der Waals surface area contributed by atoms with Crippen LogP contribution in [0.15, 0.2) is 0 Å². The van der Waals surface area contributed by atoms with Crippen LogP contribution in [0.25, 0.3) is 0 Å². The Kier molecular flexibility index (Phi) is 15.9. The third-order valence-corrected chi connectivity index (χ3v) is 12.7. The highest BCUT2D eigenvalue weighted by atomic mass is 32.3. The third-order valence-electron chi connectivity index (χ3n) is 4.62. The lowest BCUT2D eigenvalue weighted by Gasteiger charge is -2.28. The van der Waals surface area contributed by atoms with Crippen molar-refractivity contribution in [1.82, 2.24) is 4.13 Å². The molecule has 0 aliphatic heterocycles. The summed E-state index contributed by atoms with van der Waals surface area (Å²) in [5, 5.41) is 0. The summed E-state index contributed by atoms with van der Waals surface area (Å²) in [7, 11) is -13.8. The molecule has 15 heteroatoms. The van der Waals surface area contributed by atoms with E-state index in [1.54, 1.807) is 18.5 Å². The molecular formula is C17H36F6N2O4PS2+. The van der Waals surface area contributed by atoms with Gasteiger partial charge in [-0.1, -0.05) is 44.2 Å². The molecule has 0 radical (unpaired) electrons. The Bertz CT molecular complexity index is 634. The van der Waals surface area contributed by atoms with Gasteiger partial charge < -0.3 is 5.73 Å². The lowest BCUT2D eigenvalue weighted by atomic mass is 10.4. The highest BCUT2D eigenvalue weighted by molar-refractivity contribution is 8.05. The molecule has 0 saturated carbocycles. The quantitative estimate of drug-likeness (QED) is 0.237. The van der Waals surface area contributed by atoms with Gasteiger partial charge in [-0.05, 0) is 32.2 Å². The van der Waals surface area contributed by atoms with Gasteiger partial charge in [0.2, 0.25) is 0 Å². The van der Waals surface area contributed by atoms with Gasteiger partial charge in [0.05, 0.1) is 24.6 Å². The molecule has 0 bridgehead atoms. The summed E-state index contributed by atoms with van der Waals surface area (Å²) in [5.41, 5.74) is -6.56. The molecule has 0 fully saturated rings. The maximum Gasteiger partial charge on any atom is 0.512 e. The molecule has 0 atom stereocenters. The van der Waals surface area contributed by atoms with E-state index in [0.29, 0.717) is 0 Å². The van der Waals surface area contributed by atoms with Gasteiger partial charge in [-0.3, -0.25) is 0 Å². The smallest absolute Gasteiger partial charge is 0.330 e. The molecule has 32 heavy (non-hydrogen) atoms. The molecule has 0 aliphatic carbocycles. The SMILES string of the molecule is CCCC[P+](CCCC)(CCCC)CCCN.O=S(=O)(NS(=O)(=O)C(F)(F)F)C(F)(F)F. The molecular weight excluding hydrogens is 505 g/mol. The van der Waals surface area contributed by atoms with Crippen molar-refractivity contribution in [1.29, 1.82) is 0 Å². The van der Waals surface area contributed by atoms with E-state index in [-0.39, 0.29) is 0 Å². The molecule has 0 unspecified atom stereocenters. The zero-order valence-corrected chi connectivity index (χ0v) is 21.3. The zero-order valence-electron chi connectivity index (χ0n) is 18.7. The van der Waals surface area contributed by atoms with Crippen molar-refractivity contribution in [3.05, 3.63) is 0 Å². The number of sulfonamides is 2. The van der Waals surface area contributed by atoms with Crippen molar-refractivity contribution in [2.24, 2.45) is 5.73 Å². The van der Waals surface area contributed by atoms with Crippen LogP contribution in [0, 0.1) is 0 Å². The van der Waals surface area contributed by atoms with Crippen LogP contribution >= 0.6 is 7.26 Å². The second-order valence-corrected chi connectivity index (χ2v) is 15.5. The van der Waals surface area contributed by atoms with Crippen LogP contribution in [0.4, 0.5) is 26.3 Å². The fraction of sp³-hybridized carbons (Fsp3) is 1.00. The summed E-state index contributed by atoms with van der Waals surface area (Å²) in [6.45, 7) is 7.89. The average Bonchev–Trinajstić information content (AvgIpc) is 2.65. The van der Waals surface area contributed by atoms with Crippen molar-refractivity contribution in [3.63, 3.8) is 0 Å². The van der Waals surface area contributed by atoms with Gasteiger partial charge in [-0.25, -0.2) is 16.8 Å². The number of rotatable bonds is 14. The Morgan fingerprint density at radius 1 is 0.656 bits per heavy atom. The number of hydrogen-bond acceptors (Lipinski definition) is 5. The van der Waals surface area contributed by atoms with Crippen LogP contribution in [-0.2, 0) is 20.0 Å². The van der Waals surface area contributed by atoms with E-state index in [1.807, 2.05) is 0 Å². The first-order chi connectivity index (χ1) is 14.4. The molecule has 0 aromatic rings. The van der Waals surface area contributed by atoms with Crippen LogP contribution in [0.2, 0.25) is 0 Å². The molecule has 0 aromatic heterocycles. The van der Waals surface area contributed by atoms with E-state index in [0.717, 1.165) is 6.54 Å². The minimum atomic E-state index is -6.60. The largest absolute Gasteiger partial charge is 0.512 e. The first-order valence-corrected chi connectivity index (χ1v) is 15.9. The molecule has 0 aromatic carbocycles. The van der Waals surface area contributed by atoms with E-state index in [4.69, 9.17) is 5.73 Å². The molecule has 0 saturated heterocycles. The van der Waals surface area contributed by atoms with Crippen LogP contribution in [-0.4, -0.2) is 59.0 Å². The van der Waals surface area contributed by atoms with Gasteiger partial charge in [0, 0.05) is 7.26 Å². The Labute approximate surface area is 188 Å². The summed E-state index contributed by atoms with van der Waals surface area (Å²) in [5.74, 6) is 0. The number of halogens is 6. The standard InChI is InChI=1S/C15H35NP.C2HF6NO4S2/c1-4-7-12-17(13-8-5-2,14-9-6-3)15-10-11-16;3-1(4,5)14(10,11)9-15(12,13)2(6,7)8/h4-16H2,1-3H3;9H/q+1;. The van der Waals surface area contributed by atoms with Gasteiger partial charge in [0.1, 0.15) is 0 Å². The zero-order chi connectivity index (χ0) is 25.7. The summed E-state index contributed by atoms with van der Waals surface area (Å²) < 4.78 is 108. The van der Waals surface area contributed by atoms with E-state index >= 15 is 0 Å². The molecule has 196 valence electrons. The number of nitrogens with two attached hydrogens (primary N) is 1. The van der Waals surface area contributed by atoms with Crippen LogP contribution in [0.1, 0.15) is 65.7 Å². The molecule has 0 spiro atoms. The predicted molar refractivity (Wildman–Crippen MR) is 118 cm³/mol. The Morgan fingerprint density at radius 2 is 0.938 bits per heavy atom. The lowest BCUT2D eigenvalue weighted by Crippen LogP contribution is -2.45. The highest BCUT2D eigenvalue weighted by Crippen LogP contribution is 2.61. The van der Waals surface area contributed by atoms with Crippen molar-refractivity contribution in [2.45, 2.75) is 76.7 Å². The molecule has 0 aliphatic rings.